The molecule has 0 atom stereocenters. The molecule has 0 amide bonds. The van der Waals surface area contributed by atoms with Crippen LogP contribution in [-0.2, 0) is 0 Å². The monoisotopic (exact) mass is 266 g/mol. The Morgan fingerprint density at radius 2 is 1.21 bits per heavy atom. The molecule has 3 aromatic rings. The topological polar surface area (TPSA) is 25.8 Å². The number of aromatic nitrogens is 2. The summed E-state index contributed by atoms with van der Waals surface area (Å²) in [5.41, 5.74) is 3.63. The third-order valence-electron chi connectivity index (χ3n) is 2.80. The summed E-state index contributed by atoms with van der Waals surface area (Å²) in [6, 6.07) is 21.5. The van der Waals surface area contributed by atoms with Gasteiger partial charge in [0.2, 0.25) is 0 Å². The Morgan fingerprint density at radius 3 is 1.95 bits per heavy atom. The van der Waals surface area contributed by atoms with Gasteiger partial charge in [-0.25, -0.2) is 9.97 Å². The Morgan fingerprint density at radius 1 is 0.579 bits per heavy atom. The van der Waals surface area contributed by atoms with E-state index in [0.29, 0.717) is 5.15 Å². The summed E-state index contributed by atoms with van der Waals surface area (Å²) in [6.07, 6.45) is 0. The summed E-state index contributed by atoms with van der Waals surface area (Å²) in [5.74, 6) is 0. The Labute approximate surface area is 116 Å². The standard InChI is InChI=1S/C16H11ClN2/c17-16-11-5-10-15(19-16)14-9-4-8-13(18-14)12-6-2-1-3-7-12/h1-11H. The van der Waals surface area contributed by atoms with Crippen molar-refractivity contribution in [3.8, 4) is 22.6 Å². The minimum Gasteiger partial charge on any atom is -0.246 e. The van der Waals surface area contributed by atoms with Gasteiger partial charge in [-0.1, -0.05) is 54.1 Å². The molecule has 19 heavy (non-hydrogen) atoms. The molecular formula is C16H11ClN2. The fraction of sp³-hybridized carbons (Fsp3) is 0. The molecule has 0 spiro atoms. The summed E-state index contributed by atoms with van der Waals surface area (Å²) in [7, 11) is 0. The molecular weight excluding hydrogens is 256 g/mol. The smallest absolute Gasteiger partial charge is 0.129 e. The zero-order chi connectivity index (χ0) is 13.1. The lowest BCUT2D eigenvalue weighted by Crippen LogP contribution is -1.90. The van der Waals surface area contributed by atoms with Gasteiger partial charge in [-0.2, -0.15) is 0 Å². The van der Waals surface area contributed by atoms with Crippen molar-refractivity contribution in [2.24, 2.45) is 0 Å². The SMILES string of the molecule is Clc1cccc(-c2cccc(-c3ccccc3)n2)n1. The Bertz CT molecular complexity index is 696. The first-order valence-electron chi connectivity index (χ1n) is 5.98. The summed E-state index contributed by atoms with van der Waals surface area (Å²) in [4.78, 5) is 8.91. The highest BCUT2D eigenvalue weighted by molar-refractivity contribution is 6.29. The normalized spacial score (nSPS) is 10.4. The minimum absolute atomic E-state index is 0.476. The number of halogens is 1. The van der Waals surface area contributed by atoms with Gasteiger partial charge in [0.1, 0.15) is 5.15 Å². The molecule has 3 rings (SSSR count). The van der Waals surface area contributed by atoms with E-state index in [9.17, 15) is 0 Å². The van der Waals surface area contributed by atoms with Crippen LogP contribution in [0.25, 0.3) is 22.6 Å². The number of hydrogen-bond donors (Lipinski definition) is 0. The molecule has 0 aliphatic rings. The van der Waals surface area contributed by atoms with Crippen LogP contribution in [0.5, 0.6) is 0 Å². The van der Waals surface area contributed by atoms with E-state index in [2.05, 4.69) is 9.97 Å². The van der Waals surface area contributed by atoms with Crippen LogP contribution >= 0.6 is 11.6 Å². The van der Waals surface area contributed by atoms with Crippen LogP contribution in [0.4, 0.5) is 0 Å². The van der Waals surface area contributed by atoms with Crippen molar-refractivity contribution in [3.05, 3.63) is 71.9 Å². The molecule has 0 saturated heterocycles. The maximum Gasteiger partial charge on any atom is 0.129 e. The predicted octanol–water partition coefficient (Wildman–Crippen LogP) is 4.46. The third kappa shape index (κ3) is 2.64. The number of benzene rings is 1. The van der Waals surface area contributed by atoms with E-state index in [1.54, 1.807) is 6.07 Å². The second-order valence-corrected chi connectivity index (χ2v) is 4.51. The molecule has 0 saturated carbocycles. The highest BCUT2D eigenvalue weighted by atomic mass is 35.5. The molecule has 92 valence electrons. The van der Waals surface area contributed by atoms with Crippen LogP contribution < -0.4 is 0 Å². The van der Waals surface area contributed by atoms with Crippen molar-refractivity contribution in [2.75, 3.05) is 0 Å². The zero-order valence-electron chi connectivity index (χ0n) is 10.1. The molecule has 0 fully saturated rings. The van der Waals surface area contributed by atoms with Crippen molar-refractivity contribution in [1.82, 2.24) is 9.97 Å². The van der Waals surface area contributed by atoms with Crippen LogP contribution in [0, 0.1) is 0 Å². The van der Waals surface area contributed by atoms with Gasteiger partial charge in [0.25, 0.3) is 0 Å². The minimum atomic E-state index is 0.476. The van der Waals surface area contributed by atoms with Crippen LogP contribution in [0.3, 0.4) is 0 Å². The van der Waals surface area contributed by atoms with Gasteiger partial charge < -0.3 is 0 Å². The largest absolute Gasteiger partial charge is 0.246 e. The van der Waals surface area contributed by atoms with E-state index in [1.807, 2.05) is 60.7 Å². The molecule has 3 heteroatoms. The summed E-state index contributed by atoms with van der Waals surface area (Å²) in [5, 5.41) is 0.476. The Balaban J connectivity index is 2.06. The van der Waals surface area contributed by atoms with Crippen molar-refractivity contribution >= 4 is 11.6 Å². The average Bonchev–Trinajstić information content (AvgIpc) is 2.48. The number of nitrogens with zero attached hydrogens (tertiary/aromatic N) is 2. The van der Waals surface area contributed by atoms with Gasteiger partial charge in [-0.05, 0) is 24.3 Å². The first-order valence-corrected chi connectivity index (χ1v) is 6.36. The van der Waals surface area contributed by atoms with Gasteiger partial charge in [-0.3, -0.25) is 0 Å². The fourth-order valence-electron chi connectivity index (χ4n) is 1.90. The van der Waals surface area contributed by atoms with Crippen LogP contribution in [-0.4, -0.2) is 9.97 Å². The fourth-order valence-corrected chi connectivity index (χ4v) is 2.06. The molecule has 2 aromatic heterocycles. The summed E-state index contributed by atoms with van der Waals surface area (Å²) < 4.78 is 0. The maximum absolute atomic E-state index is 5.91. The third-order valence-corrected chi connectivity index (χ3v) is 3.01. The van der Waals surface area contributed by atoms with E-state index in [0.717, 1.165) is 22.6 Å². The quantitative estimate of drug-likeness (QED) is 0.640. The van der Waals surface area contributed by atoms with E-state index >= 15 is 0 Å². The molecule has 0 unspecified atom stereocenters. The second-order valence-electron chi connectivity index (χ2n) is 4.12. The van der Waals surface area contributed by atoms with E-state index in [1.165, 1.54) is 0 Å². The van der Waals surface area contributed by atoms with Crippen LogP contribution in [0.15, 0.2) is 66.7 Å². The summed E-state index contributed by atoms with van der Waals surface area (Å²) >= 11 is 5.91. The Kier molecular flexibility index (Phi) is 3.25. The van der Waals surface area contributed by atoms with Gasteiger partial charge in [0, 0.05) is 5.56 Å². The molecule has 0 N–H and O–H groups in total. The lowest BCUT2D eigenvalue weighted by atomic mass is 10.1. The van der Waals surface area contributed by atoms with Crippen LogP contribution in [0.1, 0.15) is 0 Å². The zero-order valence-corrected chi connectivity index (χ0v) is 10.9. The van der Waals surface area contributed by atoms with E-state index < -0.39 is 0 Å². The van der Waals surface area contributed by atoms with E-state index in [-0.39, 0.29) is 0 Å². The van der Waals surface area contributed by atoms with Crippen molar-refractivity contribution < 1.29 is 0 Å². The first kappa shape index (κ1) is 11.9. The molecule has 0 aliphatic heterocycles. The highest BCUT2D eigenvalue weighted by Crippen LogP contribution is 2.22. The average molecular weight is 267 g/mol. The number of pyridine rings is 2. The maximum atomic E-state index is 5.91. The molecule has 0 radical (unpaired) electrons. The lowest BCUT2D eigenvalue weighted by Gasteiger charge is -2.04. The number of hydrogen-bond acceptors (Lipinski definition) is 2. The van der Waals surface area contributed by atoms with Crippen molar-refractivity contribution in [2.45, 2.75) is 0 Å². The van der Waals surface area contributed by atoms with Crippen molar-refractivity contribution in [1.29, 1.82) is 0 Å². The lowest BCUT2D eigenvalue weighted by molar-refractivity contribution is 1.25. The molecule has 2 nitrogen and oxygen atoms in total. The highest BCUT2D eigenvalue weighted by Gasteiger charge is 2.04. The number of rotatable bonds is 2. The van der Waals surface area contributed by atoms with E-state index in [4.69, 9.17) is 11.6 Å². The molecule has 1 aromatic carbocycles. The van der Waals surface area contributed by atoms with Gasteiger partial charge in [-0.15, -0.1) is 0 Å². The van der Waals surface area contributed by atoms with Crippen molar-refractivity contribution in [3.63, 3.8) is 0 Å². The summed E-state index contributed by atoms with van der Waals surface area (Å²) in [6.45, 7) is 0. The molecule has 0 aliphatic carbocycles. The molecule has 0 bridgehead atoms. The van der Waals surface area contributed by atoms with Gasteiger partial charge in [0.05, 0.1) is 17.1 Å². The van der Waals surface area contributed by atoms with Gasteiger partial charge >= 0.3 is 0 Å². The Hall–Kier alpha value is -2.19. The second kappa shape index (κ2) is 5.21. The first-order chi connectivity index (χ1) is 9.33. The van der Waals surface area contributed by atoms with Gasteiger partial charge in [0.15, 0.2) is 0 Å². The molecule has 2 heterocycles. The van der Waals surface area contributed by atoms with Crippen LogP contribution in [0.2, 0.25) is 5.15 Å². The predicted molar refractivity (Wildman–Crippen MR) is 77.9 cm³/mol.